The van der Waals surface area contributed by atoms with Crippen LogP contribution in [0.1, 0.15) is 121 Å². The maximum Gasteiger partial charge on any atom is 0.573 e. The summed E-state index contributed by atoms with van der Waals surface area (Å²) in [6, 6.07) is 7.27. The molecule has 0 aliphatic carbocycles. The lowest BCUT2D eigenvalue weighted by molar-refractivity contribution is -0.334. The van der Waals surface area contributed by atoms with Gasteiger partial charge in [0.05, 0.1) is 47.9 Å². The average molecular weight is 1820 g/mol. The van der Waals surface area contributed by atoms with Gasteiger partial charge in [0.2, 0.25) is 53.4 Å². The highest BCUT2D eigenvalue weighted by Gasteiger charge is 2.53. The molecule has 7 aliphatic rings. The fourth-order valence-corrected chi connectivity index (χ4v) is 15.4. The topological polar surface area (TPSA) is 579 Å². The molecular formula is C83H90Cl2F4N12O26. The van der Waals surface area contributed by atoms with Gasteiger partial charge in [-0.25, -0.2) is 9.82 Å². The number of phenols is 3. The Balaban J connectivity index is 0.998. The standard InChI is InChI=1S/C83H90Cl2F4N12O26/c1-33(2)20-48(91-5)74(114)99-64-66(108)37-9-15-52(45(84)22-37)122-55-25-40-26-56(70(55)126-81-71(69(111)68(110)57(32-103)124-81)125-59-30-82(4,72(112)34(3)121-59)92-31-35-6-12-41(13-7-35)94-73(113)39-11-17-54(47(86)24-39)127-83(87,88)89)123-53-16-10-38(23-46(53)85)67(109)65-79(119)98-63(80(120)101-93-18-19-102)44-27-42(104)28-51(106)60(44)43-21-36(8-14-50(43)105)61(76(116)100-65)97-77(117)62(40)96-75(115)49(29-58(90)107)95-78(64)118/h6-17,21-28,33-34,48-49,57,59,61-69,71-72,81,91-93,102-106,108-112H,18-20,29-32H2,1-5H3,(H2,90,107)(H,94,113)(H,95,118)(H,96,115)(H,97,117)(H,98,119)(H,99,114)(H,100,116)(H,101,120). The summed E-state index contributed by atoms with van der Waals surface area (Å²) in [6.07, 6.45) is -25.0. The summed E-state index contributed by atoms with van der Waals surface area (Å²) in [4.78, 5) is 133. The fourth-order valence-electron chi connectivity index (χ4n) is 15.0. The maximum atomic E-state index is 16.3. The van der Waals surface area contributed by atoms with Gasteiger partial charge in [0.15, 0.2) is 35.5 Å². The Labute approximate surface area is 729 Å². The molecular weight excluding hydrogens is 1730 g/mol. The number of nitrogens with one attached hydrogen (secondary N) is 11. The molecule has 38 nitrogen and oxygen atoms in total. The Hall–Kier alpha value is -11.9. The van der Waals surface area contributed by atoms with Crippen LogP contribution >= 0.6 is 23.2 Å². The van der Waals surface area contributed by atoms with E-state index in [1.807, 2.05) is 0 Å². The molecule has 0 spiro atoms. The second-order valence-electron chi connectivity index (χ2n) is 31.1. The fraction of sp³-hybridized carbons (Fsp3) is 0.386. The molecule has 7 aromatic rings. The monoisotopic (exact) mass is 1820 g/mol. The van der Waals surface area contributed by atoms with Crippen molar-refractivity contribution in [2.24, 2.45) is 11.7 Å². The van der Waals surface area contributed by atoms with Gasteiger partial charge in [0.1, 0.15) is 95.5 Å². The van der Waals surface area contributed by atoms with Crippen molar-refractivity contribution >= 4 is 82.1 Å². The molecule has 2 fully saturated rings. The van der Waals surface area contributed by atoms with Crippen molar-refractivity contribution in [2.75, 3.05) is 32.1 Å². The summed E-state index contributed by atoms with van der Waals surface area (Å²) >= 11 is 14.3. The predicted molar refractivity (Wildman–Crippen MR) is 435 cm³/mol. The van der Waals surface area contributed by atoms with E-state index in [0.29, 0.717) is 17.7 Å². The number of hydrazine groups is 1. The Kier molecular flexibility index (Phi) is 29.4. The maximum absolute atomic E-state index is 16.3. The normalized spacial score (nSPS) is 25.8. The number of aromatic hydroxyl groups is 3. The number of carbonyl (C=O) groups is 9. The first-order valence-electron chi connectivity index (χ1n) is 39.4. The minimum absolute atomic E-state index is 0.0339. The summed E-state index contributed by atoms with van der Waals surface area (Å²) in [7, 11) is 1.45. The largest absolute Gasteiger partial charge is 0.573 e. The number of benzene rings is 7. The van der Waals surface area contributed by atoms with Crippen LogP contribution in [-0.2, 0) is 59.1 Å². The predicted octanol–water partition coefficient (Wildman–Crippen LogP) is 2.76. The lowest BCUT2D eigenvalue weighted by Crippen LogP contribution is -2.65. The SMILES string of the molecule is CNC(CC(C)C)C(=O)NC1C(=O)NC(CC(N)=O)C(=O)NC2C(=O)NC3C(=O)NC(C(=O)NC(C(=O)NNCCO)c4cc(O)cc(O)c4-c4cc3ccc4O)C(O)c3ccc(c(Cl)c3)Oc3cc2cc(c3OC2OC(CO)C(O)C(O)C2OC2CC(C)(NCc3ccc(NC(=O)c4ccc(OC(F)(F)F)c(F)c4)cc3)C(O)C(C)O2)Oc2ccc(cc2Cl)C1O. The van der Waals surface area contributed by atoms with Gasteiger partial charge in [-0.15, -0.1) is 13.2 Å². The number of likely N-dealkylation sites (N-methyl/N-ethyl adjacent to an activating group) is 1. The Morgan fingerprint density at radius 2 is 1.34 bits per heavy atom. The number of nitrogens with two attached hydrogens (primary N) is 1. The van der Waals surface area contributed by atoms with E-state index in [1.54, 1.807) is 32.9 Å². The molecule has 680 valence electrons. The number of halogens is 6. The Bertz CT molecular complexity index is 5340. The molecule has 0 aromatic heterocycles. The Morgan fingerprint density at radius 1 is 0.701 bits per heavy atom. The number of fused-ring (bicyclic) bond motifs is 15. The van der Waals surface area contributed by atoms with E-state index in [9.17, 15) is 87.8 Å². The lowest BCUT2D eigenvalue weighted by Gasteiger charge is -2.48. The zero-order valence-corrected chi connectivity index (χ0v) is 69.3. The first kappa shape index (κ1) is 94.3. The first-order valence-corrected chi connectivity index (χ1v) is 40.2. The summed E-state index contributed by atoms with van der Waals surface area (Å²) in [5.41, 5.74) is 6.60. The van der Waals surface area contributed by atoms with Gasteiger partial charge in [-0.2, -0.15) is 0 Å². The van der Waals surface area contributed by atoms with Gasteiger partial charge in [-0.1, -0.05) is 67.4 Å². The number of phenolic OH excluding ortho intramolecular Hbond substituents is 3. The summed E-state index contributed by atoms with van der Waals surface area (Å²) < 4.78 is 96.0. The third-order valence-electron chi connectivity index (χ3n) is 21.5. The minimum Gasteiger partial charge on any atom is -0.508 e. The van der Waals surface area contributed by atoms with Crippen molar-refractivity contribution in [3.05, 3.63) is 176 Å². The van der Waals surface area contributed by atoms with Crippen molar-refractivity contribution in [1.29, 1.82) is 0 Å². The molecule has 127 heavy (non-hydrogen) atoms. The van der Waals surface area contributed by atoms with E-state index in [1.165, 1.54) is 32.2 Å². The van der Waals surface area contributed by atoms with Gasteiger partial charge in [-0.3, -0.25) is 48.6 Å². The van der Waals surface area contributed by atoms with Crippen molar-refractivity contribution in [3.8, 4) is 62.9 Å². The molecule has 18 atom stereocenters. The number of aliphatic hydroxyl groups is 7. The smallest absolute Gasteiger partial charge is 0.508 e. The van der Waals surface area contributed by atoms with Gasteiger partial charge < -0.3 is 138 Å². The average Bonchev–Trinajstić information content (AvgIpc) is 0.763. The number of aliphatic hydroxyl groups excluding tert-OH is 7. The first-order chi connectivity index (χ1) is 60.1. The van der Waals surface area contributed by atoms with Gasteiger partial charge in [0.25, 0.3) is 11.8 Å². The summed E-state index contributed by atoms with van der Waals surface area (Å²) in [5.74, 6) is -19.3. The summed E-state index contributed by atoms with van der Waals surface area (Å²) in [5, 5.41) is 139. The molecule has 2 saturated heterocycles. The molecule has 0 radical (unpaired) electrons. The van der Waals surface area contributed by atoms with E-state index in [-0.39, 0.29) is 59.8 Å². The molecule has 7 aromatic carbocycles. The Morgan fingerprint density at radius 3 is 1.95 bits per heavy atom. The number of anilines is 1. The zero-order valence-electron chi connectivity index (χ0n) is 67.7. The van der Waals surface area contributed by atoms with Gasteiger partial charge >= 0.3 is 6.36 Å². The quantitative estimate of drug-likeness (QED) is 0.0263. The number of ether oxygens (including phenoxy) is 7. The highest BCUT2D eigenvalue weighted by molar-refractivity contribution is 6.32. The van der Waals surface area contributed by atoms with Crippen molar-refractivity contribution in [2.45, 2.75) is 169 Å². The number of hydrogen-bond donors (Lipinski definition) is 22. The van der Waals surface area contributed by atoms with Crippen molar-refractivity contribution in [3.63, 3.8) is 0 Å². The molecule has 14 rings (SSSR count). The number of primary amides is 1. The van der Waals surface area contributed by atoms with Crippen LogP contribution in [0.2, 0.25) is 10.0 Å². The number of alkyl halides is 3. The number of amides is 9. The number of carbonyl (C=O) groups excluding carboxylic acids is 9. The second-order valence-corrected chi connectivity index (χ2v) is 31.9. The van der Waals surface area contributed by atoms with Crippen LogP contribution in [0.3, 0.4) is 0 Å². The van der Waals surface area contributed by atoms with E-state index in [0.717, 1.165) is 78.9 Å². The van der Waals surface area contributed by atoms with Crippen LogP contribution in [-0.4, -0.2) is 216 Å². The van der Waals surface area contributed by atoms with E-state index in [2.05, 4.69) is 63.4 Å². The van der Waals surface area contributed by atoms with Crippen LogP contribution in [0, 0.1) is 11.7 Å². The zero-order chi connectivity index (χ0) is 92.1. The van der Waals surface area contributed by atoms with E-state index in [4.69, 9.17) is 57.4 Å². The minimum atomic E-state index is -5.21. The second kappa shape index (κ2) is 39.6. The molecule has 23 N–H and O–H groups in total. The molecule has 11 bridgehead atoms. The molecule has 9 amide bonds. The highest BCUT2D eigenvalue weighted by Crippen LogP contribution is 2.50. The van der Waals surface area contributed by atoms with Gasteiger partial charge in [-0.05, 0) is 152 Å². The van der Waals surface area contributed by atoms with Crippen LogP contribution in [0.5, 0.6) is 51.7 Å². The van der Waals surface area contributed by atoms with Gasteiger partial charge in [0, 0.05) is 53.5 Å². The van der Waals surface area contributed by atoms with Crippen LogP contribution in [0.15, 0.2) is 121 Å². The molecule has 7 aliphatic heterocycles. The number of rotatable bonds is 22. The van der Waals surface area contributed by atoms with Crippen LogP contribution in [0.4, 0.5) is 23.2 Å². The third-order valence-corrected chi connectivity index (χ3v) is 22.1. The van der Waals surface area contributed by atoms with Crippen LogP contribution in [0.25, 0.3) is 11.1 Å². The molecule has 18 unspecified atom stereocenters. The van der Waals surface area contributed by atoms with Crippen molar-refractivity contribution < 1.29 is 145 Å². The van der Waals surface area contributed by atoms with E-state index >= 15 is 24.0 Å². The molecule has 0 saturated carbocycles. The lowest BCUT2D eigenvalue weighted by atomic mass is 9.84. The van der Waals surface area contributed by atoms with Crippen molar-refractivity contribution in [1.82, 2.24) is 53.4 Å². The highest BCUT2D eigenvalue weighted by atomic mass is 35.5. The molecule has 7 heterocycles. The third kappa shape index (κ3) is 21.7. The van der Waals surface area contributed by atoms with Crippen LogP contribution < -0.4 is 83.4 Å². The molecule has 44 heteroatoms. The summed E-state index contributed by atoms with van der Waals surface area (Å²) in [6.45, 7) is 4.76. The number of hydrogen-bond acceptors (Lipinski definition) is 29. The van der Waals surface area contributed by atoms with E-state index < -0.39 is 278 Å².